The Kier molecular flexibility index (Phi) is 11.1. The van der Waals surface area contributed by atoms with E-state index >= 15 is 0 Å². The fraction of sp³-hybridized carbons (Fsp3) is 0.533. The third-order valence-electron chi connectivity index (χ3n) is 3.53. The Morgan fingerprint density at radius 3 is 2.70 bits per heavy atom. The summed E-state index contributed by atoms with van der Waals surface area (Å²) in [5.74, 6) is -0.469. The van der Waals surface area contributed by atoms with Gasteiger partial charge in [0.25, 0.3) is 0 Å². The number of halogens is 3. The van der Waals surface area contributed by atoms with Crippen LogP contribution in [0.1, 0.15) is 0 Å². The van der Waals surface area contributed by atoms with Gasteiger partial charge >= 0.3 is 0 Å². The van der Waals surface area contributed by atoms with Crippen molar-refractivity contribution < 1.29 is 9.18 Å². The first kappa shape index (κ1) is 22.1. The van der Waals surface area contributed by atoms with Crippen molar-refractivity contribution in [1.29, 1.82) is 0 Å². The molecular formula is C15H25Cl2FN4O. The number of nitrogens with zero attached hydrogens (tertiary/aromatic N) is 2. The largest absolute Gasteiger partial charge is 0.325 e. The van der Waals surface area contributed by atoms with Crippen molar-refractivity contribution >= 4 is 36.4 Å². The second-order valence-electron chi connectivity index (χ2n) is 5.39. The number of nitrogens with one attached hydrogen (secondary N) is 2. The normalized spacial score (nSPS) is 14.7. The summed E-state index contributed by atoms with van der Waals surface area (Å²) in [5, 5.41) is 6.02. The number of rotatable bonds is 6. The Labute approximate surface area is 149 Å². The zero-order chi connectivity index (χ0) is 15.1. The van der Waals surface area contributed by atoms with Gasteiger partial charge in [0.05, 0.1) is 6.54 Å². The van der Waals surface area contributed by atoms with Gasteiger partial charge in [-0.25, -0.2) is 4.39 Å². The molecule has 1 heterocycles. The average Bonchev–Trinajstić information content (AvgIpc) is 2.46. The van der Waals surface area contributed by atoms with E-state index in [4.69, 9.17) is 0 Å². The number of piperazine rings is 1. The molecule has 1 aromatic carbocycles. The van der Waals surface area contributed by atoms with E-state index in [-0.39, 0.29) is 36.5 Å². The predicted molar refractivity (Wildman–Crippen MR) is 96.3 cm³/mol. The van der Waals surface area contributed by atoms with E-state index in [0.717, 1.165) is 39.3 Å². The molecule has 132 valence electrons. The topological polar surface area (TPSA) is 47.6 Å². The molecule has 1 aromatic rings. The lowest BCUT2D eigenvalue weighted by Crippen LogP contribution is -2.46. The van der Waals surface area contributed by atoms with E-state index in [9.17, 15) is 9.18 Å². The zero-order valence-corrected chi connectivity index (χ0v) is 14.9. The highest BCUT2D eigenvalue weighted by Gasteiger charge is 2.12. The number of carbonyl (C=O) groups is 1. The van der Waals surface area contributed by atoms with Crippen molar-refractivity contribution in [3.05, 3.63) is 30.1 Å². The summed E-state index contributed by atoms with van der Waals surface area (Å²) in [6.07, 6.45) is 0. The number of anilines is 1. The molecule has 1 fully saturated rings. The maximum Gasteiger partial charge on any atom is 0.238 e. The van der Waals surface area contributed by atoms with E-state index in [1.165, 1.54) is 12.1 Å². The molecule has 0 aromatic heterocycles. The molecule has 5 nitrogen and oxygen atoms in total. The molecule has 1 saturated heterocycles. The van der Waals surface area contributed by atoms with E-state index < -0.39 is 0 Å². The second-order valence-corrected chi connectivity index (χ2v) is 5.39. The van der Waals surface area contributed by atoms with Gasteiger partial charge < -0.3 is 10.6 Å². The van der Waals surface area contributed by atoms with Gasteiger partial charge in [-0.3, -0.25) is 14.6 Å². The second kappa shape index (κ2) is 11.6. The molecule has 2 rings (SSSR count). The summed E-state index contributed by atoms with van der Waals surface area (Å²) in [7, 11) is 1.92. The lowest BCUT2D eigenvalue weighted by Gasteiger charge is -2.28. The van der Waals surface area contributed by atoms with Gasteiger partial charge in [0, 0.05) is 45.0 Å². The highest BCUT2D eigenvalue weighted by Crippen LogP contribution is 2.08. The molecule has 23 heavy (non-hydrogen) atoms. The van der Waals surface area contributed by atoms with Gasteiger partial charge in [-0.1, -0.05) is 6.07 Å². The number of likely N-dealkylation sites (N-methyl/N-ethyl adjacent to an activating group) is 1. The lowest BCUT2D eigenvalue weighted by atomic mass is 10.3. The van der Waals surface area contributed by atoms with E-state index in [0.29, 0.717) is 12.2 Å². The minimum atomic E-state index is -0.347. The van der Waals surface area contributed by atoms with Crippen molar-refractivity contribution in [2.75, 3.05) is 58.2 Å². The lowest BCUT2D eigenvalue weighted by molar-refractivity contribution is -0.117. The SMILES string of the molecule is CN(CCN1CCNCC1)CC(=O)Nc1cccc(F)c1.Cl.Cl. The van der Waals surface area contributed by atoms with E-state index in [1.807, 2.05) is 11.9 Å². The van der Waals surface area contributed by atoms with E-state index in [2.05, 4.69) is 15.5 Å². The molecule has 0 radical (unpaired) electrons. The van der Waals surface area contributed by atoms with Gasteiger partial charge in [-0.05, 0) is 25.2 Å². The Morgan fingerprint density at radius 1 is 1.35 bits per heavy atom. The predicted octanol–water partition coefficient (Wildman–Crippen LogP) is 1.44. The van der Waals surface area contributed by atoms with Gasteiger partial charge in [-0.15, -0.1) is 24.8 Å². The number of hydrogen-bond acceptors (Lipinski definition) is 4. The number of carbonyl (C=O) groups excluding carboxylic acids is 1. The number of hydrogen-bond donors (Lipinski definition) is 2. The first-order valence-corrected chi connectivity index (χ1v) is 7.30. The summed E-state index contributed by atoms with van der Waals surface area (Å²) in [5.41, 5.74) is 0.496. The van der Waals surface area contributed by atoms with Crippen LogP contribution in [0.4, 0.5) is 10.1 Å². The van der Waals surface area contributed by atoms with Crippen molar-refractivity contribution in [3.63, 3.8) is 0 Å². The number of amides is 1. The van der Waals surface area contributed by atoms with Gasteiger partial charge in [0.1, 0.15) is 5.82 Å². The van der Waals surface area contributed by atoms with Gasteiger partial charge in [0.2, 0.25) is 5.91 Å². The monoisotopic (exact) mass is 366 g/mol. The van der Waals surface area contributed by atoms with Crippen LogP contribution >= 0.6 is 24.8 Å². The maximum atomic E-state index is 13.0. The van der Waals surface area contributed by atoms with Gasteiger partial charge in [0.15, 0.2) is 0 Å². The molecule has 1 aliphatic heterocycles. The number of benzene rings is 1. The fourth-order valence-corrected chi connectivity index (χ4v) is 2.34. The molecule has 0 saturated carbocycles. The van der Waals surface area contributed by atoms with Crippen LogP contribution in [-0.2, 0) is 4.79 Å². The summed E-state index contributed by atoms with van der Waals surface area (Å²) in [6.45, 7) is 6.30. The first-order chi connectivity index (χ1) is 10.1. The smallest absolute Gasteiger partial charge is 0.238 e. The molecule has 0 atom stereocenters. The maximum absolute atomic E-state index is 13.0. The third-order valence-corrected chi connectivity index (χ3v) is 3.53. The molecule has 1 aliphatic rings. The molecular weight excluding hydrogens is 342 g/mol. The van der Waals surface area contributed by atoms with Crippen LogP contribution in [0.3, 0.4) is 0 Å². The Balaban J connectivity index is 0.00000242. The van der Waals surface area contributed by atoms with Crippen molar-refractivity contribution in [3.8, 4) is 0 Å². The van der Waals surface area contributed by atoms with Crippen LogP contribution < -0.4 is 10.6 Å². The van der Waals surface area contributed by atoms with Crippen LogP contribution in [0.5, 0.6) is 0 Å². The molecule has 0 aliphatic carbocycles. The summed E-state index contributed by atoms with van der Waals surface area (Å²) < 4.78 is 13.0. The summed E-state index contributed by atoms with van der Waals surface area (Å²) >= 11 is 0. The highest BCUT2D eigenvalue weighted by atomic mass is 35.5. The van der Waals surface area contributed by atoms with Crippen molar-refractivity contribution in [2.24, 2.45) is 0 Å². The average molecular weight is 367 g/mol. The van der Waals surface area contributed by atoms with Crippen LogP contribution in [0.15, 0.2) is 24.3 Å². The Bertz CT molecular complexity index is 473. The van der Waals surface area contributed by atoms with Crippen LogP contribution in [-0.4, -0.2) is 68.6 Å². The Morgan fingerprint density at radius 2 is 2.04 bits per heavy atom. The molecule has 2 N–H and O–H groups in total. The quantitative estimate of drug-likeness (QED) is 0.799. The minimum Gasteiger partial charge on any atom is -0.325 e. The molecule has 8 heteroatoms. The molecule has 0 bridgehead atoms. The van der Waals surface area contributed by atoms with Crippen molar-refractivity contribution in [2.45, 2.75) is 0 Å². The summed E-state index contributed by atoms with van der Waals surface area (Å²) in [6, 6.07) is 5.94. The molecule has 0 spiro atoms. The van der Waals surface area contributed by atoms with Crippen LogP contribution in [0.25, 0.3) is 0 Å². The highest BCUT2D eigenvalue weighted by molar-refractivity contribution is 5.92. The Hall–Kier alpha value is -0.920. The van der Waals surface area contributed by atoms with Gasteiger partial charge in [-0.2, -0.15) is 0 Å². The summed E-state index contributed by atoms with van der Waals surface area (Å²) in [4.78, 5) is 16.3. The van der Waals surface area contributed by atoms with Crippen molar-refractivity contribution in [1.82, 2.24) is 15.1 Å². The van der Waals surface area contributed by atoms with Crippen LogP contribution in [0.2, 0.25) is 0 Å². The minimum absolute atomic E-state index is 0. The zero-order valence-electron chi connectivity index (χ0n) is 13.3. The third kappa shape index (κ3) is 8.48. The molecule has 1 amide bonds. The van der Waals surface area contributed by atoms with E-state index in [1.54, 1.807) is 12.1 Å². The first-order valence-electron chi connectivity index (χ1n) is 7.30. The van der Waals surface area contributed by atoms with Crippen LogP contribution in [0, 0.1) is 5.82 Å². The standard InChI is InChI=1S/C15H23FN4O.2ClH/c1-19(9-10-20-7-5-17-6-8-20)12-15(21)18-14-4-2-3-13(16)11-14;;/h2-4,11,17H,5-10,12H2,1H3,(H,18,21);2*1H. The fourth-order valence-electron chi connectivity index (χ4n) is 2.34. The molecule has 0 unspecified atom stereocenters.